The molecular weight excluding hydrogens is 278 g/mol. The van der Waals surface area contributed by atoms with Crippen LogP contribution in [0.2, 0.25) is 0 Å². The normalized spacial score (nSPS) is 19.2. The zero-order chi connectivity index (χ0) is 16.1. The second kappa shape index (κ2) is 7.52. The third kappa shape index (κ3) is 4.15. The van der Waals surface area contributed by atoms with Crippen molar-refractivity contribution in [2.75, 3.05) is 38.1 Å². The fraction of sp³-hybridized carbons (Fsp3) is 0.688. The number of hydrogen-bond donors (Lipinski definition) is 1. The van der Waals surface area contributed by atoms with Crippen molar-refractivity contribution in [2.45, 2.75) is 33.8 Å². The van der Waals surface area contributed by atoms with Crippen molar-refractivity contribution in [1.29, 1.82) is 5.26 Å². The molecule has 0 amide bonds. The molecule has 1 aliphatic rings. The van der Waals surface area contributed by atoms with Gasteiger partial charge in [-0.15, -0.1) is 5.10 Å². The molecule has 6 heteroatoms. The van der Waals surface area contributed by atoms with Crippen molar-refractivity contribution < 1.29 is 4.74 Å². The van der Waals surface area contributed by atoms with Crippen LogP contribution in [0.15, 0.2) is 0 Å². The molecule has 1 aliphatic heterocycles. The number of aromatic nitrogens is 2. The maximum atomic E-state index is 9.30. The number of anilines is 1. The summed E-state index contributed by atoms with van der Waals surface area (Å²) in [7, 11) is 0. The van der Waals surface area contributed by atoms with Gasteiger partial charge in [-0.3, -0.25) is 4.90 Å². The van der Waals surface area contributed by atoms with E-state index in [1.807, 2.05) is 13.8 Å². The first kappa shape index (κ1) is 16.7. The second-order valence-electron chi connectivity index (χ2n) is 6.27. The van der Waals surface area contributed by atoms with Gasteiger partial charge in [-0.25, -0.2) is 0 Å². The third-order valence-corrected chi connectivity index (χ3v) is 3.91. The number of morpholine rings is 1. The van der Waals surface area contributed by atoms with Gasteiger partial charge >= 0.3 is 0 Å². The summed E-state index contributed by atoms with van der Waals surface area (Å²) in [6.45, 7) is 12.6. The van der Waals surface area contributed by atoms with Crippen molar-refractivity contribution >= 4 is 5.82 Å². The highest BCUT2D eigenvalue weighted by molar-refractivity contribution is 5.55. The number of nitrogens with zero attached hydrogens (tertiary/aromatic N) is 4. The average molecular weight is 303 g/mol. The highest BCUT2D eigenvalue weighted by Gasteiger charge is 2.21. The van der Waals surface area contributed by atoms with Gasteiger partial charge in [0.05, 0.1) is 18.4 Å². The Morgan fingerprint density at radius 2 is 2.18 bits per heavy atom. The van der Waals surface area contributed by atoms with E-state index in [4.69, 9.17) is 4.74 Å². The van der Waals surface area contributed by atoms with Crippen molar-refractivity contribution in [2.24, 2.45) is 5.92 Å². The molecule has 1 atom stereocenters. The second-order valence-corrected chi connectivity index (χ2v) is 6.27. The van der Waals surface area contributed by atoms with Crippen LogP contribution >= 0.6 is 0 Å². The Kier molecular flexibility index (Phi) is 5.69. The van der Waals surface area contributed by atoms with Crippen molar-refractivity contribution in [1.82, 2.24) is 15.1 Å². The molecule has 1 aromatic heterocycles. The number of nitriles is 1. The molecule has 0 saturated carbocycles. The molecule has 1 N–H and O–H groups in total. The van der Waals surface area contributed by atoms with Gasteiger partial charge in [0.1, 0.15) is 11.6 Å². The van der Waals surface area contributed by atoms with E-state index in [9.17, 15) is 5.26 Å². The van der Waals surface area contributed by atoms with Crippen LogP contribution in [-0.2, 0) is 4.74 Å². The summed E-state index contributed by atoms with van der Waals surface area (Å²) in [4.78, 5) is 2.43. The van der Waals surface area contributed by atoms with Crippen LogP contribution in [0.4, 0.5) is 5.82 Å². The molecule has 22 heavy (non-hydrogen) atoms. The van der Waals surface area contributed by atoms with Gasteiger partial charge in [0.2, 0.25) is 0 Å². The molecule has 0 bridgehead atoms. The molecule has 6 nitrogen and oxygen atoms in total. The zero-order valence-corrected chi connectivity index (χ0v) is 13.9. The van der Waals surface area contributed by atoms with E-state index in [-0.39, 0.29) is 6.10 Å². The largest absolute Gasteiger partial charge is 0.374 e. The van der Waals surface area contributed by atoms with Crippen LogP contribution in [0.5, 0.6) is 0 Å². The topological polar surface area (TPSA) is 74.1 Å². The van der Waals surface area contributed by atoms with Gasteiger partial charge in [-0.1, -0.05) is 13.8 Å². The fourth-order valence-corrected chi connectivity index (χ4v) is 2.67. The van der Waals surface area contributed by atoms with Crippen LogP contribution in [0.25, 0.3) is 0 Å². The summed E-state index contributed by atoms with van der Waals surface area (Å²) in [5.41, 5.74) is 2.24. The van der Waals surface area contributed by atoms with Gasteiger partial charge < -0.3 is 10.1 Å². The summed E-state index contributed by atoms with van der Waals surface area (Å²) in [5.74, 6) is 1.21. The first-order chi connectivity index (χ1) is 10.5. The van der Waals surface area contributed by atoms with E-state index in [0.717, 1.165) is 37.5 Å². The lowest BCUT2D eigenvalue weighted by molar-refractivity contribution is -0.0244. The summed E-state index contributed by atoms with van der Waals surface area (Å²) < 4.78 is 5.80. The molecule has 2 rings (SSSR count). The molecule has 0 spiro atoms. The standard InChI is InChI=1S/C16H25N5O/c1-11(2)9-21-5-6-22-14(10-21)8-18-16-15(7-17)12(3)13(4)19-20-16/h11,14H,5-6,8-10H2,1-4H3,(H,18,20)/t14-/m0/s1. The quantitative estimate of drug-likeness (QED) is 0.893. The van der Waals surface area contributed by atoms with E-state index in [2.05, 4.69) is 40.3 Å². The molecule has 0 aliphatic carbocycles. The lowest BCUT2D eigenvalue weighted by Crippen LogP contribution is -2.46. The fourth-order valence-electron chi connectivity index (χ4n) is 2.67. The van der Waals surface area contributed by atoms with Crippen LogP contribution < -0.4 is 5.32 Å². The molecule has 1 saturated heterocycles. The third-order valence-electron chi connectivity index (χ3n) is 3.91. The van der Waals surface area contributed by atoms with Gasteiger partial charge in [0.25, 0.3) is 0 Å². The highest BCUT2D eigenvalue weighted by atomic mass is 16.5. The Hall–Kier alpha value is -1.71. The number of aryl methyl sites for hydroxylation is 1. The Balaban J connectivity index is 1.96. The van der Waals surface area contributed by atoms with E-state index < -0.39 is 0 Å². The monoisotopic (exact) mass is 303 g/mol. The molecule has 120 valence electrons. The predicted molar refractivity (Wildman–Crippen MR) is 85.7 cm³/mol. The van der Waals surface area contributed by atoms with Crippen LogP contribution in [0, 0.1) is 31.1 Å². The Morgan fingerprint density at radius 3 is 2.86 bits per heavy atom. The van der Waals surface area contributed by atoms with Gasteiger partial charge in [-0.2, -0.15) is 10.4 Å². The molecule has 2 heterocycles. The Morgan fingerprint density at radius 1 is 1.41 bits per heavy atom. The number of hydrogen-bond acceptors (Lipinski definition) is 6. The number of ether oxygens (including phenoxy) is 1. The molecular formula is C16H25N5O. The minimum absolute atomic E-state index is 0.113. The Labute approximate surface area is 132 Å². The van der Waals surface area contributed by atoms with Crippen LogP contribution in [-0.4, -0.2) is 54.0 Å². The van der Waals surface area contributed by atoms with E-state index >= 15 is 0 Å². The lowest BCUT2D eigenvalue weighted by Gasteiger charge is -2.34. The summed E-state index contributed by atoms with van der Waals surface area (Å²) in [5, 5.41) is 20.7. The molecule has 0 radical (unpaired) electrons. The number of rotatable bonds is 5. The van der Waals surface area contributed by atoms with Crippen LogP contribution in [0.1, 0.15) is 30.7 Å². The first-order valence-corrected chi connectivity index (χ1v) is 7.83. The van der Waals surface area contributed by atoms with Crippen LogP contribution in [0.3, 0.4) is 0 Å². The highest BCUT2D eigenvalue weighted by Crippen LogP contribution is 2.17. The van der Waals surface area contributed by atoms with E-state index in [0.29, 0.717) is 23.8 Å². The molecule has 1 aromatic rings. The first-order valence-electron chi connectivity index (χ1n) is 7.83. The SMILES string of the molecule is Cc1nnc(NC[C@H]2CN(CC(C)C)CCO2)c(C#N)c1C. The average Bonchev–Trinajstić information content (AvgIpc) is 2.48. The predicted octanol–water partition coefficient (Wildman–Crippen LogP) is 1.73. The maximum Gasteiger partial charge on any atom is 0.167 e. The minimum Gasteiger partial charge on any atom is -0.374 e. The minimum atomic E-state index is 0.113. The van der Waals surface area contributed by atoms with E-state index in [1.165, 1.54) is 0 Å². The van der Waals surface area contributed by atoms with Crippen molar-refractivity contribution in [3.8, 4) is 6.07 Å². The van der Waals surface area contributed by atoms with Crippen molar-refractivity contribution in [3.63, 3.8) is 0 Å². The smallest absolute Gasteiger partial charge is 0.167 e. The van der Waals surface area contributed by atoms with Crippen molar-refractivity contribution in [3.05, 3.63) is 16.8 Å². The van der Waals surface area contributed by atoms with Gasteiger partial charge in [0, 0.05) is 26.2 Å². The summed E-state index contributed by atoms with van der Waals surface area (Å²) in [6.07, 6.45) is 0.113. The van der Waals surface area contributed by atoms with Gasteiger partial charge in [0.15, 0.2) is 5.82 Å². The number of nitrogens with one attached hydrogen (secondary N) is 1. The molecule has 0 aromatic carbocycles. The van der Waals surface area contributed by atoms with E-state index in [1.54, 1.807) is 0 Å². The molecule has 0 unspecified atom stereocenters. The Bertz CT molecular complexity index is 552. The lowest BCUT2D eigenvalue weighted by atomic mass is 10.1. The maximum absolute atomic E-state index is 9.30. The van der Waals surface area contributed by atoms with Gasteiger partial charge in [-0.05, 0) is 25.3 Å². The summed E-state index contributed by atoms with van der Waals surface area (Å²) >= 11 is 0. The zero-order valence-electron chi connectivity index (χ0n) is 13.9. The summed E-state index contributed by atoms with van der Waals surface area (Å²) in [6, 6.07) is 2.21. The molecule has 1 fully saturated rings.